The highest BCUT2D eigenvalue weighted by atomic mass is 79.9. The van der Waals surface area contributed by atoms with Crippen LogP contribution in [0.1, 0.15) is 22.3 Å². The van der Waals surface area contributed by atoms with Crippen molar-refractivity contribution in [3.05, 3.63) is 129 Å². The molecule has 1 aliphatic rings. The van der Waals surface area contributed by atoms with Gasteiger partial charge in [0.25, 0.3) is 0 Å². The molecule has 1 aliphatic carbocycles. The van der Waals surface area contributed by atoms with Gasteiger partial charge in [-0.25, -0.2) is 0 Å². The molecule has 0 saturated heterocycles. The van der Waals surface area contributed by atoms with Gasteiger partial charge in [-0.2, -0.15) is 0 Å². The lowest BCUT2D eigenvalue weighted by Crippen LogP contribution is -2.28. The molecule has 0 unspecified atom stereocenters. The van der Waals surface area contributed by atoms with Crippen LogP contribution in [-0.4, -0.2) is 0 Å². The predicted molar refractivity (Wildman–Crippen MR) is 116 cm³/mol. The molecule has 0 aromatic heterocycles. The Hall–Kier alpha value is -2.35. The smallest absolute Gasteiger partial charge is 0.0714 e. The first-order valence-electron chi connectivity index (χ1n) is 8.93. The van der Waals surface area contributed by atoms with Crippen molar-refractivity contribution in [2.75, 3.05) is 0 Å². The summed E-state index contributed by atoms with van der Waals surface area (Å²) in [6.45, 7) is 0. The second kappa shape index (κ2) is 6.37. The van der Waals surface area contributed by atoms with Crippen molar-refractivity contribution in [2.45, 2.75) is 5.41 Å². The van der Waals surface area contributed by atoms with Gasteiger partial charge in [0.15, 0.2) is 0 Å². The van der Waals surface area contributed by atoms with E-state index in [9.17, 15) is 0 Å². The highest BCUT2D eigenvalue weighted by Gasteiger charge is 2.46. The lowest BCUT2D eigenvalue weighted by Gasteiger charge is -2.34. The zero-order chi connectivity index (χ0) is 18.4. The van der Waals surface area contributed by atoms with Gasteiger partial charge >= 0.3 is 0 Å². The molecule has 0 saturated carbocycles. The molecular formula is C25H16BrCl. The number of halogens is 2. The fraction of sp³-hybridized carbons (Fsp3) is 0.0400. The Balaban J connectivity index is 2.00. The van der Waals surface area contributed by atoms with Crippen LogP contribution in [0.3, 0.4) is 0 Å². The number of hydrogen-bond donors (Lipinski definition) is 0. The van der Waals surface area contributed by atoms with Crippen LogP contribution in [0.5, 0.6) is 0 Å². The maximum atomic E-state index is 6.49. The minimum atomic E-state index is -0.387. The summed E-state index contributed by atoms with van der Waals surface area (Å²) in [5.41, 5.74) is 7.13. The molecule has 0 radical (unpaired) electrons. The molecule has 2 heteroatoms. The fourth-order valence-corrected chi connectivity index (χ4v) is 4.97. The first kappa shape index (κ1) is 16.8. The fourth-order valence-electron chi connectivity index (χ4n) is 4.43. The van der Waals surface area contributed by atoms with Crippen LogP contribution >= 0.6 is 27.5 Å². The Bertz CT molecular complexity index is 1040. The topological polar surface area (TPSA) is 0 Å². The van der Waals surface area contributed by atoms with Crippen molar-refractivity contribution in [3.63, 3.8) is 0 Å². The van der Waals surface area contributed by atoms with Gasteiger partial charge in [-0.05, 0) is 57.6 Å². The summed E-state index contributed by atoms with van der Waals surface area (Å²) in [6.07, 6.45) is 0. The zero-order valence-electron chi connectivity index (χ0n) is 14.5. The van der Waals surface area contributed by atoms with Crippen LogP contribution < -0.4 is 0 Å². The molecule has 0 fully saturated rings. The molecule has 0 aliphatic heterocycles. The normalized spacial score (nSPS) is 13.9. The molecule has 4 aromatic rings. The number of hydrogen-bond acceptors (Lipinski definition) is 0. The molecule has 27 heavy (non-hydrogen) atoms. The van der Waals surface area contributed by atoms with E-state index in [0.29, 0.717) is 0 Å². The van der Waals surface area contributed by atoms with E-state index in [4.69, 9.17) is 11.6 Å². The van der Waals surface area contributed by atoms with Crippen LogP contribution in [0, 0.1) is 0 Å². The van der Waals surface area contributed by atoms with E-state index in [0.717, 1.165) is 9.50 Å². The van der Waals surface area contributed by atoms with Gasteiger partial charge in [-0.3, -0.25) is 0 Å². The van der Waals surface area contributed by atoms with Gasteiger partial charge in [0.1, 0.15) is 0 Å². The molecule has 0 nitrogen and oxygen atoms in total. The van der Waals surface area contributed by atoms with E-state index in [-0.39, 0.29) is 5.41 Å². The summed E-state index contributed by atoms with van der Waals surface area (Å²) < 4.78 is 1.08. The van der Waals surface area contributed by atoms with E-state index >= 15 is 0 Å². The SMILES string of the molecule is Clc1ccc2c(c1)C(c1ccccc1)(c1ccccc1)c1cc(Br)ccc1-2. The minimum absolute atomic E-state index is 0.387. The highest BCUT2D eigenvalue weighted by Crippen LogP contribution is 2.56. The monoisotopic (exact) mass is 430 g/mol. The van der Waals surface area contributed by atoms with Crippen molar-refractivity contribution >= 4 is 27.5 Å². The summed E-state index contributed by atoms with van der Waals surface area (Å²) in [6, 6.07) is 34.3. The Morgan fingerprint density at radius 2 is 1.11 bits per heavy atom. The largest absolute Gasteiger partial charge is 0.0843 e. The van der Waals surface area contributed by atoms with Crippen LogP contribution in [-0.2, 0) is 5.41 Å². The third kappa shape index (κ3) is 2.42. The van der Waals surface area contributed by atoms with Gasteiger partial charge in [0.05, 0.1) is 5.41 Å². The molecule has 0 heterocycles. The quantitative estimate of drug-likeness (QED) is 0.272. The Kier molecular flexibility index (Phi) is 3.96. The molecule has 5 rings (SSSR count). The lowest BCUT2D eigenvalue weighted by atomic mass is 9.68. The van der Waals surface area contributed by atoms with Crippen molar-refractivity contribution < 1.29 is 0 Å². The highest BCUT2D eigenvalue weighted by molar-refractivity contribution is 9.10. The average Bonchev–Trinajstić information content (AvgIpc) is 2.99. The summed E-state index contributed by atoms with van der Waals surface area (Å²) >= 11 is 10.2. The molecule has 0 atom stereocenters. The maximum absolute atomic E-state index is 6.49. The maximum Gasteiger partial charge on any atom is 0.0714 e. The van der Waals surface area contributed by atoms with Crippen LogP contribution in [0.2, 0.25) is 5.02 Å². The summed E-state index contributed by atoms with van der Waals surface area (Å²) in [5, 5.41) is 0.761. The summed E-state index contributed by atoms with van der Waals surface area (Å²) in [4.78, 5) is 0. The number of benzene rings is 4. The average molecular weight is 432 g/mol. The van der Waals surface area contributed by atoms with Crippen molar-refractivity contribution in [3.8, 4) is 11.1 Å². The van der Waals surface area contributed by atoms with Crippen LogP contribution in [0.4, 0.5) is 0 Å². The standard InChI is InChI=1S/C25H16BrCl/c26-19-11-13-21-22-14-12-20(27)16-24(22)25(23(21)15-19,17-7-3-1-4-8-17)18-9-5-2-6-10-18/h1-16H. The van der Waals surface area contributed by atoms with Gasteiger partial charge in [-0.1, -0.05) is 100 Å². The first-order valence-corrected chi connectivity index (χ1v) is 10.1. The van der Waals surface area contributed by atoms with Gasteiger partial charge in [0, 0.05) is 9.50 Å². The van der Waals surface area contributed by atoms with E-state index in [1.165, 1.54) is 33.4 Å². The molecule has 4 aromatic carbocycles. The van der Waals surface area contributed by atoms with Crippen LogP contribution in [0.25, 0.3) is 11.1 Å². The summed E-state index contributed by atoms with van der Waals surface area (Å²) in [7, 11) is 0. The zero-order valence-corrected chi connectivity index (χ0v) is 16.8. The van der Waals surface area contributed by atoms with E-state index in [1.807, 2.05) is 6.07 Å². The van der Waals surface area contributed by atoms with Gasteiger partial charge < -0.3 is 0 Å². The third-order valence-electron chi connectivity index (χ3n) is 5.48. The predicted octanol–water partition coefficient (Wildman–Crippen LogP) is 7.47. The van der Waals surface area contributed by atoms with Crippen molar-refractivity contribution in [2.24, 2.45) is 0 Å². The van der Waals surface area contributed by atoms with Crippen molar-refractivity contribution in [1.29, 1.82) is 0 Å². The molecule has 130 valence electrons. The second-order valence-corrected chi connectivity index (χ2v) is 8.21. The summed E-state index contributed by atoms with van der Waals surface area (Å²) in [5.74, 6) is 0. The minimum Gasteiger partial charge on any atom is -0.0843 e. The van der Waals surface area contributed by atoms with E-state index < -0.39 is 0 Å². The number of rotatable bonds is 2. The van der Waals surface area contributed by atoms with E-state index in [1.54, 1.807) is 0 Å². The lowest BCUT2D eigenvalue weighted by molar-refractivity contribution is 0.768. The van der Waals surface area contributed by atoms with Gasteiger partial charge in [0.2, 0.25) is 0 Å². The van der Waals surface area contributed by atoms with Crippen LogP contribution in [0.15, 0.2) is 102 Å². The molecule has 0 bridgehead atoms. The molecule has 0 amide bonds. The van der Waals surface area contributed by atoms with E-state index in [2.05, 4.69) is 107 Å². The second-order valence-electron chi connectivity index (χ2n) is 6.86. The molecule has 0 spiro atoms. The Morgan fingerprint density at radius 1 is 0.593 bits per heavy atom. The number of fused-ring (bicyclic) bond motifs is 3. The molecular weight excluding hydrogens is 416 g/mol. The Morgan fingerprint density at radius 3 is 1.70 bits per heavy atom. The van der Waals surface area contributed by atoms with Gasteiger partial charge in [-0.15, -0.1) is 0 Å². The Labute approximate surface area is 172 Å². The van der Waals surface area contributed by atoms with Crippen molar-refractivity contribution in [1.82, 2.24) is 0 Å². The third-order valence-corrected chi connectivity index (χ3v) is 6.20. The first-order chi connectivity index (χ1) is 13.2. The molecule has 0 N–H and O–H groups in total.